The molecule has 0 saturated carbocycles. The second-order valence-corrected chi connectivity index (χ2v) is 4.67. The number of likely N-dealkylation sites (tertiary alicyclic amines) is 1. The number of hydrogen-bond acceptors (Lipinski definition) is 3. The van der Waals surface area contributed by atoms with Crippen LogP contribution >= 0.6 is 12.4 Å². The van der Waals surface area contributed by atoms with Crippen LogP contribution in [0.2, 0.25) is 0 Å². The Labute approximate surface area is 120 Å². The fourth-order valence-corrected chi connectivity index (χ4v) is 2.07. The highest BCUT2D eigenvalue weighted by Gasteiger charge is 2.23. The Kier molecular flexibility index (Phi) is 6.12. The molecule has 0 radical (unpaired) electrons. The molecule has 1 fully saturated rings. The molecule has 0 spiro atoms. The molecule has 5 heteroatoms. The third-order valence-corrected chi connectivity index (χ3v) is 3.27. The summed E-state index contributed by atoms with van der Waals surface area (Å²) < 4.78 is 5.48. The number of halogens is 1. The summed E-state index contributed by atoms with van der Waals surface area (Å²) in [4.78, 5) is 13.6. The average molecular weight is 285 g/mol. The molecule has 2 rings (SSSR count). The Morgan fingerprint density at radius 3 is 2.63 bits per heavy atom. The number of benzene rings is 1. The SMILES string of the molecule is CCc1ccc(OCC(=O)N2CCC(N)C2)cc1.Cl. The second-order valence-electron chi connectivity index (χ2n) is 4.67. The van der Waals surface area contributed by atoms with E-state index in [1.165, 1.54) is 5.56 Å². The van der Waals surface area contributed by atoms with Gasteiger partial charge in [0.05, 0.1) is 0 Å². The van der Waals surface area contributed by atoms with Crippen molar-refractivity contribution in [3.05, 3.63) is 29.8 Å². The Morgan fingerprint density at radius 1 is 1.42 bits per heavy atom. The van der Waals surface area contributed by atoms with Crippen LogP contribution in [0.5, 0.6) is 5.75 Å². The number of carbonyl (C=O) groups excluding carboxylic acids is 1. The standard InChI is InChI=1S/C14H20N2O2.ClH/c1-2-11-3-5-13(6-4-11)18-10-14(17)16-8-7-12(15)9-16;/h3-6,12H,2,7-10,15H2,1H3;1H. The zero-order valence-corrected chi connectivity index (χ0v) is 12.0. The third-order valence-electron chi connectivity index (χ3n) is 3.27. The quantitative estimate of drug-likeness (QED) is 0.914. The molecule has 1 saturated heterocycles. The number of amides is 1. The van der Waals surface area contributed by atoms with E-state index in [4.69, 9.17) is 10.5 Å². The highest BCUT2D eigenvalue weighted by atomic mass is 35.5. The molecule has 1 aliphatic heterocycles. The molecule has 0 bridgehead atoms. The lowest BCUT2D eigenvalue weighted by Crippen LogP contribution is -2.35. The maximum absolute atomic E-state index is 11.8. The molecular weight excluding hydrogens is 264 g/mol. The van der Waals surface area contributed by atoms with Gasteiger partial charge >= 0.3 is 0 Å². The Hall–Kier alpha value is -1.26. The van der Waals surface area contributed by atoms with E-state index >= 15 is 0 Å². The fourth-order valence-electron chi connectivity index (χ4n) is 2.07. The van der Waals surface area contributed by atoms with Crippen LogP contribution < -0.4 is 10.5 Å². The first-order valence-corrected chi connectivity index (χ1v) is 6.44. The van der Waals surface area contributed by atoms with Crippen LogP contribution in [0.4, 0.5) is 0 Å². The highest BCUT2D eigenvalue weighted by Crippen LogP contribution is 2.13. The van der Waals surface area contributed by atoms with Crippen LogP contribution in [-0.4, -0.2) is 36.5 Å². The van der Waals surface area contributed by atoms with Crippen LogP contribution in [-0.2, 0) is 11.2 Å². The summed E-state index contributed by atoms with van der Waals surface area (Å²) in [5.74, 6) is 0.756. The third kappa shape index (κ3) is 4.40. The maximum Gasteiger partial charge on any atom is 0.260 e. The summed E-state index contributed by atoms with van der Waals surface area (Å²) in [6.07, 6.45) is 1.89. The molecule has 1 aromatic carbocycles. The van der Waals surface area contributed by atoms with Crippen molar-refractivity contribution < 1.29 is 9.53 Å². The zero-order valence-electron chi connectivity index (χ0n) is 11.2. The zero-order chi connectivity index (χ0) is 13.0. The molecular formula is C14H21ClN2O2. The summed E-state index contributed by atoms with van der Waals surface area (Å²) >= 11 is 0. The van der Waals surface area contributed by atoms with Gasteiger partial charge in [-0.15, -0.1) is 12.4 Å². The normalized spacial score (nSPS) is 18.0. The highest BCUT2D eigenvalue weighted by molar-refractivity contribution is 5.85. The summed E-state index contributed by atoms with van der Waals surface area (Å²) in [7, 11) is 0. The predicted molar refractivity (Wildman–Crippen MR) is 77.7 cm³/mol. The van der Waals surface area contributed by atoms with Crippen LogP contribution in [0, 0.1) is 0 Å². The minimum atomic E-state index is 0. The van der Waals surface area contributed by atoms with Gasteiger partial charge in [0.2, 0.25) is 0 Å². The van der Waals surface area contributed by atoms with E-state index < -0.39 is 0 Å². The summed E-state index contributed by atoms with van der Waals surface area (Å²) in [6, 6.07) is 7.97. The number of ether oxygens (including phenoxy) is 1. The summed E-state index contributed by atoms with van der Waals surface area (Å²) in [5, 5.41) is 0. The molecule has 106 valence electrons. The van der Waals surface area contributed by atoms with Crippen LogP contribution in [0.1, 0.15) is 18.9 Å². The first kappa shape index (κ1) is 15.8. The van der Waals surface area contributed by atoms with Gasteiger partial charge in [-0.05, 0) is 30.5 Å². The first-order chi connectivity index (χ1) is 8.69. The van der Waals surface area contributed by atoms with Crippen molar-refractivity contribution in [1.82, 2.24) is 4.90 Å². The molecule has 0 aliphatic carbocycles. The monoisotopic (exact) mass is 284 g/mol. The van der Waals surface area contributed by atoms with Crippen molar-refractivity contribution in [2.45, 2.75) is 25.8 Å². The van der Waals surface area contributed by atoms with Gasteiger partial charge in [0.1, 0.15) is 5.75 Å². The molecule has 1 amide bonds. The van der Waals surface area contributed by atoms with Crippen molar-refractivity contribution >= 4 is 18.3 Å². The van der Waals surface area contributed by atoms with Gasteiger partial charge in [-0.25, -0.2) is 0 Å². The summed E-state index contributed by atoms with van der Waals surface area (Å²) in [5.41, 5.74) is 7.03. The Bertz CT molecular complexity index is 408. The van der Waals surface area contributed by atoms with Crippen molar-refractivity contribution in [2.24, 2.45) is 5.73 Å². The van der Waals surface area contributed by atoms with Gasteiger partial charge in [0.15, 0.2) is 6.61 Å². The van der Waals surface area contributed by atoms with Gasteiger partial charge in [0.25, 0.3) is 5.91 Å². The Balaban J connectivity index is 0.00000180. The molecule has 2 N–H and O–H groups in total. The fraction of sp³-hybridized carbons (Fsp3) is 0.500. The lowest BCUT2D eigenvalue weighted by molar-refractivity contribution is -0.132. The number of nitrogens with two attached hydrogens (primary N) is 1. The average Bonchev–Trinajstić information content (AvgIpc) is 2.83. The van der Waals surface area contributed by atoms with E-state index in [1.54, 1.807) is 4.90 Å². The van der Waals surface area contributed by atoms with Gasteiger partial charge in [0, 0.05) is 19.1 Å². The minimum absolute atomic E-state index is 0. The number of rotatable bonds is 4. The van der Waals surface area contributed by atoms with E-state index in [2.05, 4.69) is 6.92 Å². The topological polar surface area (TPSA) is 55.6 Å². The van der Waals surface area contributed by atoms with Crippen LogP contribution in [0.3, 0.4) is 0 Å². The Morgan fingerprint density at radius 2 is 2.11 bits per heavy atom. The molecule has 1 aliphatic rings. The largest absolute Gasteiger partial charge is 0.484 e. The van der Waals surface area contributed by atoms with Crippen molar-refractivity contribution in [1.29, 1.82) is 0 Å². The molecule has 19 heavy (non-hydrogen) atoms. The molecule has 1 atom stereocenters. The van der Waals surface area contributed by atoms with E-state index in [0.29, 0.717) is 6.54 Å². The van der Waals surface area contributed by atoms with Crippen molar-refractivity contribution in [2.75, 3.05) is 19.7 Å². The smallest absolute Gasteiger partial charge is 0.260 e. The number of carbonyl (C=O) groups is 1. The molecule has 1 heterocycles. The van der Waals surface area contributed by atoms with Gasteiger partial charge < -0.3 is 15.4 Å². The second kappa shape index (κ2) is 7.36. The van der Waals surface area contributed by atoms with Gasteiger partial charge in [-0.2, -0.15) is 0 Å². The molecule has 4 nitrogen and oxygen atoms in total. The van der Waals surface area contributed by atoms with Crippen LogP contribution in [0.25, 0.3) is 0 Å². The van der Waals surface area contributed by atoms with Crippen LogP contribution in [0.15, 0.2) is 24.3 Å². The van der Waals surface area contributed by atoms with Crippen molar-refractivity contribution in [3.8, 4) is 5.75 Å². The number of aryl methyl sites for hydroxylation is 1. The molecule has 1 unspecified atom stereocenters. The van der Waals surface area contributed by atoms with E-state index in [9.17, 15) is 4.79 Å². The maximum atomic E-state index is 11.8. The number of hydrogen-bond donors (Lipinski definition) is 1. The first-order valence-electron chi connectivity index (χ1n) is 6.44. The lowest BCUT2D eigenvalue weighted by atomic mass is 10.2. The van der Waals surface area contributed by atoms with E-state index in [0.717, 1.165) is 25.1 Å². The van der Waals surface area contributed by atoms with Gasteiger partial charge in [-0.3, -0.25) is 4.79 Å². The van der Waals surface area contributed by atoms with E-state index in [1.807, 2.05) is 24.3 Å². The molecule has 1 aromatic rings. The predicted octanol–water partition coefficient (Wildman–Crippen LogP) is 1.61. The molecule has 0 aromatic heterocycles. The lowest BCUT2D eigenvalue weighted by Gasteiger charge is -2.16. The van der Waals surface area contributed by atoms with Crippen molar-refractivity contribution in [3.63, 3.8) is 0 Å². The van der Waals surface area contributed by atoms with Gasteiger partial charge in [-0.1, -0.05) is 19.1 Å². The summed E-state index contributed by atoms with van der Waals surface area (Å²) in [6.45, 7) is 3.60. The number of nitrogens with zero attached hydrogens (tertiary/aromatic N) is 1. The minimum Gasteiger partial charge on any atom is -0.484 e. The van der Waals surface area contributed by atoms with E-state index in [-0.39, 0.29) is 31.0 Å².